The molecule has 0 radical (unpaired) electrons. The van der Waals surface area contributed by atoms with Crippen LogP contribution in [0.3, 0.4) is 0 Å². The Morgan fingerprint density at radius 3 is 0.874 bits per heavy atom. The molecule has 0 saturated carbocycles. The van der Waals surface area contributed by atoms with Gasteiger partial charge >= 0.3 is 0 Å². The summed E-state index contributed by atoms with van der Waals surface area (Å²) in [6.07, 6.45) is 1.35. The number of halogens is 2. The number of aromatic nitrogens is 2. The maximum atomic E-state index is 16.2. The van der Waals surface area contributed by atoms with Crippen molar-refractivity contribution in [1.82, 2.24) is 9.13 Å². The summed E-state index contributed by atoms with van der Waals surface area (Å²) < 4.78 is 50.5. The lowest BCUT2D eigenvalue weighted by atomic mass is 9.84. The SMILES string of the molecule is CCc1cc(F)cc(-c2cc(C(C)(C)C)cc(-n3c4cc(C(C)(C)C)ccc4c4ccc(C(C)(C)C)cc43)c2O)c1OCCCOc1c(CC)cc(F)cc1-c1cc(C(C)(C)C)cc(-n2c3cc(C(C)(C)C)ccc3c3ccc(C(C)(C)C)cc32)c1O. The quantitative estimate of drug-likeness (QED) is 0.120. The molecule has 8 heteroatoms. The summed E-state index contributed by atoms with van der Waals surface area (Å²) in [4.78, 5) is 0. The monoisotopic (exact) mass is 1170 g/mol. The van der Waals surface area contributed by atoms with Crippen molar-refractivity contribution in [2.45, 2.75) is 190 Å². The summed E-state index contributed by atoms with van der Waals surface area (Å²) >= 11 is 0. The fraction of sp³-hybridized carbons (Fsp3) is 0.392. The summed E-state index contributed by atoms with van der Waals surface area (Å²) in [5.41, 5.74) is 13.6. The van der Waals surface area contributed by atoms with Gasteiger partial charge < -0.3 is 28.8 Å². The number of hydrogen-bond acceptors (Lipinski definition) is 4. The zero-order chi connectivity index (χ0) is 63.4. The molecule has 2 aromatic heterocycles. The van der Waals surface area contributed by atoms with Gasteiger partial charge in [0.2, 0.25) is 0 Å². The number of fused-ring (bicyclic) bond motifs is 6. The van der Waals surface area contributed by atoms with Gasteiger partial charge in [-0.3, -0.25) is 0 Å². The first-order valence-electron chi connectivity index (χ1n) is 31.3. The van der Waals surface area contributed by atoms with Crippen LogP contribution in [0, 0.1) is 11.6 Å². The molecule has 0 unspecified atom stereocenters. The lowest BCUT2D eigenvalue weighted by molar-refractivity contribution is 0.246. The molecule has 0 aliphatic rings. The molecule has 0 spiro atoms. The zero-order valence-corrected chi connectivity index (χ0v) is 55.4. The number of aryl methyl sites for hydroxylation is 2. The number of ether oxygens (including phenoxy) is 2. The molecule has 2 N–H and O–H groups in total. The first-order chi connectivity index (χ1) is 40.5. The third-order valence-corrected chi connectivity index (χ3v) is 17.8. The van der Waals surface area contributed by atoms with Crippen LogP contribution < -0.4 is 9.47 Å². The van der Waals surface area contributed by atoms with Crippen LogP contribution in [0.15, 0.2) is 121 Å². The van der Waals surface area contributed by atoms with Crippen LogP contribution in [0.1, 0.15) is 189 Å². The molecule has 8 aromatic carbocycles. The van der Waals surface area contributed by atoms with Gasteiger partial charge in [0.15, 0.2) is 0 Å². The third-order valence-electron chi connectivity index (χ3n) is 17.8. The minimum absolute atomic E-state index is 0.0188. The number of nitrogens with zero attached hydrogens (tertiary/aromatic N) is 2. The predicted molar refractivity (Wildman–Crippen MR) is 362 cm³/mol. The number of rotatable bonds is 12. The molecule has 0 aliphatic carbocycles. The Balaban J connectivity index is 1.06. The standard InChI is InChI=1S/C79H92F2N2O4/c1-21-46-34-54(80)44-62(60-36-52(78(15,16)17)42-68(70(60)84)82-64-38-48(74(3,4)5)24-28-56(64)57-29-25-49(39-65(57)82)75(6,7)8)72(46)86-32-23-33-87-73-47(22-2)35-55(81)45-63(73)61-37-53(79(18,19)20)43-69(71(61)85)83-66-40-50(76(9,10)11)26-30-58(66)59-31-27-51(41-67(59)83)77(12,13)14/h24-31,34-45,84-85H,21-23,32-33H2,1-20H3. The lowest BCUT2D eigenvalue weighted by Crippen LogP contribution is -2.14. The fourth-order valence-electron chi connectivity index (χ4n) is 12.3. The highest BCUT2D eigenvalue weighted by Crippen LogP contribution is 2.50. The van der Waals surface area contributed by atoms with E-state index in [-0.39, 0.29) is 57.2 Å². The number of hydrogen-bond donors (Lipinski definition) is 2. The van der Waals surface area contributed by atoms with Crippen molar-refractivity contribution < 1.29 is 28.5 Å². The van der Waals surface area contributed by atoms with Gasteiger partial charge in [-0.25, -0.2) is 8.78 Å². The molecular formula is C79H92F2N2O4. The van der Waals surface area contributed by atoms with Crippen molar-refractivity contribution in [2.24, 2.45) is 0 Å². The number of phenolic OH excluding ortho intramolecular Hbond substituents is 2. The minimum Gasteiger partial charge on any atom is -0.505 e. The van der Waals surface area contributed by atoms with E-state index in [0.29, 0.717) is 75.5 Å². The molecule has 6 nitrogen and oxygen atoms in total. The van der Waals surface area contributed by atoms with Crippen molar-refractivity contribution >= 4 is 43.6 Å². The van der Waals surface area contributed by atoms with E-state index >= 15 is 8.78 Å². The Bertz CT molecular complexity index is 3900. The van der Waals surface area contributed by atoms with Crippen LogP contribution in [0.2, 0.25) is 0 Å². The van der Waals surface area contributed by atoms with Gasteiger partial charge in [-0.2, -0.15) is 0 Å². The van der Waals surface area contributed by atoms with E-state index in [4.69, 9.17) is 9.47 Å². The number of phenols is 2. The van der Waals surface area contributed by atoms with E-state index in [1.807, 2.05) is 26.0 Å². The first-order valence-corrected chi connectivity index (χ1v) is 31.3. The number of aromatic hydroxyl groups is 2. The van der Waals surface area contributed by atoms with Gasteiger partial charge in [-0.15, -0.1) is 0 Å². The smallest absolute Gasteiger partial charge is 0.147 e. The van der Waals surface area contributed by atoms with Crippen molar-refractivity contribution in [2.75, 3.05) is 13.2 Å². The van der Waals surface area contributed by atoms with E-state index in [9.17, 15) is 10.2 Å². The average Bonchev–Trinajstić information content (AvgIpc) is 1.64. The Hall–Kier alpha value is -7.58. The molecule has 0 aliphatic heterocycles. The molecule has 2 heterocycles. The summed E-state index contributed by atoms with van der Waals surface area (Å²) in [5, 5.41) is 30.4. The minimum atomic E-state index is -0.429. The normalized spacial score (nSPS) is 13.0. The van der Waals surface area contributed by atoms with Crippen molar-refractivity contribution in [1.29, 1.82) is 0 Å². The van der Waals surface area contributed by atoms with Crippen molar-refractivity contribution in [3.63, 3.8) is 0 Å². The topological polar surface area (TPSA) is 68.8 Å². The summed E-state index contributed by atoms with van der Waals surface area (Å²) in [6.45, 7) is 43.8. The summed E-state index contributed by atoms with van der Waals surface area (Å²) in [5.74, 6) is 0.153. The highest BCUT2D eigenvalue weighted by Gasteiger charge is 2.31. The van der Waals surface area contributed by atoms with Gasteiger partial charge in [-0.05, 0) is 163 Å². The Morgan fingerprint density at radius 2 is 0.621 bits per heavy atom. The van der Waals surface area contributed by atoms with E-state index in [0.717, 1.165) is 54.7 Å². The second-order valence-electron chi connectivity index (χ2n) is 30.5. The van der Waals surface area contributed by atoms with Gasteiger partial charge in [-0.1, -0.05) is 187 Å². The lowest BCUT2D eigenvalue weighted by Gasteiger charge is -2.25. The molecule has 0 saturated heterocycles. The van der Waals surface area contributed by atoms with Gasteiger partial charge in [0.05, 0.1) is 46.7 Å². The van der Waals surface area contributed by atoms with Crippen molar-refractivity contribution in [3.05, 3.63) is 177 Å². The molecule has 0 amide bonds. The number of benzene rings is 8. The molecule has 10 aromatic rings. The largest absolute Gasteiger partial charge is 0.505 e. The molecule has 0 bridgehead atoms. The summed E-state index contributed by atoms with van der Waals surface area (Å²) in [7, 11) is 0. The second kappa shape index (κ2) is 22.2. The van der Waals surface area contributed by atoms with Crippen LogP contribution >= 0.6 is 0 Å². The second-order valence-corrected chi connectivity index (χ2v) is 30.5. The molecule has 0 fully saturated rings. The van der Waals surface area contributed by atoms with Gasteiger partial charge in [0, 0.05) is 50.2 Å². The molecule has 0 atom stereocenters. The van der Waals surface area contributed by atoms with Crippen LogP contribution in [-0.4, -0.2) is 32.6 Å². The predicted octanol–water partition coefficient (Wildman–Crippen LogP) is 21.7. The van der Waals surface area contributed by atoms with Crippen LogP contribution in [0.4, 0.5) is 8.78 Å². The van der Waals surface area contributed by atoms with Crippen LogP contribution in [0.5, 0.6) is 23.0 Å². The molecule has 10 rings (SSSR count). The molecule has 456 valence electrons. The van der Waals surface area contributed by atoms with Crippen molar-refractivity contribution in [3.8, 4) is 56.6 Å². The highest BCUT2D eigenvalue weighted by atomic mass is 19.1. The van der Waals surface area contributed by atoms with E-state index in [1.54, 1.807) is 0 Å². The Morgan fingerprint density at radius 1 is 0.345 bits per heavy atom. The molecular weight excluding hydrogens is 1080 g/mol. The van der Waals surface area contributed by atoms with Gasteiger partial charge in [0.1, 0.15) is 34.6 Å². The van der Waals surface area contributed by atoms with Gasteiger partial charge in [0.25, 0.3) is 0 Å². The Labute approximate surface area is 516 Å². The summed E-state index contributed by atoms with van der Waals surface area (Å²) in [6, 6.07) is 40.8. The van der Waals surface area contributed by atoms with Crippen LogP contribution in [0.25, 0.3) is 77.2 Å². The van der Waals surface area contributed by atoms with E-state index < -0.39 is 11.6 Å². The average molecular weight is 1170 g/mol. The fourth-order valence-corrected chi connectivity index (χ4v) is 12.3. The third kappa shape index (κ3) is 11.9. The maximum absolute atomic E-state index is 16.2. The highest BCUT2D eigenvalue weighted by molar-refractivity contribution is 6.11. The van der Waals surface area contributed by atoms with Crippen LogP contribution in [-0.2, 0) is 45.3 Å². The Kier molecular flexibility index (Phi) is 16.0. The van der Waals surface area contributed by atoms with E-state index in [1.165, 1.54) is 46.5 Å². The molecule has 87 heavy (non-hydrogen) atoms. The zero-order valence-electron chi connectivity index (χ0n) is 55.4. The maximum Gasteiger partial charge on any atom is 0.147 e. The first kappa shape index (κ1) is 62.5. The van der Waals surface area contributed by atoms with E-state index in [2.05, 4.69) is 219 Å².